The van der Waals surface area contributed by atoms with Crippen molar-refractivity contribution in [2.75, 3.05) is 82.4 Å². The van der Waals surface area contributed by atoms with Crippen molar-refractivity contribution in [2.45, 2.75) is 37.6 Å². The molecule has 274 valence electrons. The lowest BCUT2D eigenvalue weighted by Crippen LogP contribution is -2.49. The third-order valence-corrected chi connectivity index (χ3v) is 12.2. The number of ether oxygens (including phenoxy) is 2. The van der Waals surface area contributed by atoms with E-state index in [4.69, 9.17) is 25.2 Å². The Kier molecular flexibility index (Phi) is 10.8. The van der Waals surface area contributed by atoms with Crippen LogP contribution in [0.5, 0.6) is 5.75 Å². The van der Waals surface area contributed by atoms with E-state index in [9.17, 15) is 4.57 Å². The van der Waals surface area contributed by atoms with Crippen molar-refractivity contribution >= 4 is 79.9 Å². The maximum Gasteiger partial charge on any atom is 0.229 e. The highest BCUT2D eigenvalue weighted by Gasteiger charge is 2.29. The Balaban J connectivity index is 1.19. The molecule has 0 spiro atoms. The van der Waals surface area contributed by atoms with Gasteiger partial charge >= 0.3 is 0 Å². The van der Waals surface area contributed by atoms with Crippen LogP contribution in [-0.2, 0) is 9.30 Å². The average molecular weight is 789 g/mol. The van der Waals surface area contributed by atoms with E-state index in [0.717, 1.165) is 91.0 Å². The zero-order chi connectivity index (χ0) is 36.4. The van der Waals surface area contributed by atoms with Gasteiger partial charge in [0.1, 0.15) is 18.7 Å². The molecule has 2 aliphatic heterocycles. The Bertz CT molecular complexity index is 2050. The molecule has 2 saturated heterocycles. The number of nitrogens with two attached hydrogens (primary N) is 1. The van der Waals surface area contributed by atoms with E-state index in [-0.39, 0.29) is 0 Å². The molecule has 1 saturated carbocycles. The summed E-state index contributed by atoms with van der Waals surface area (Å²) in [7, 11) is 0.664. The molecule has 2 aromatic carbocycles. The van der Waals surface area contributed by atoms with Gasteiger partial charge in [0.25, 0.3) is 0 Å². The standard InChI is InChI=1S/C38H47BrN9O3P/c1-41-22-25(21-40)28-19-33(35(50-2)20-34(28)48-13-11-26(12-14-48)47-15-17-51-18-16-47)45-38-42-23-29(39)37(46-38)44-32-10-9-31-27(36(32)52(3,4)49)7-8-30(43-31)24-5-6-24/h7-10,19-24,26H,5-6,11-18,40H2,1-4H3,(H2,42,44,45,46). The lowest BCUT2D eigenvalue weighted by Gasteiger charge is -2.41. The molecule has 4 aromatic rings. The van der Waals surface area contributed by atoms with Crippen LogP contribution in [0.2, 0.25) is 0 Å². The number of morpholine rings is 1. The highest BCUT2D eigenvalue weighted by molar-refractivity contribution is 9.10. The lowest BCUT2D eigenvalue weighted by atomic mass is 9.98. The highest BCUT2D eigenvalue weighted by Crippen LogP contribution is 2.44. The van der Waals surface area contributed by atoms with Gasteiger partial charge in [-0.1, -0.05) is 6.07 Å². The van der Waals surface area contributed by atoms with E-state index in [2.05, 4.69) is 64.5 Å². The summed E-state index contributed by atoms with van der Waals surface area (Å²) >= 11 is 3.63. The molecular weight excluding hydrogens is 741 g/mol. The van der Waals surface area contributed by atoms with Gasteiger partial charge in [-0.25, -0.2) is 4.98 Å². The number of fused-ring (bicyclic) bond motifs is 1. The summed E-state index contributed by atoms with van der Waals surface area (Å²) < 4.78 is 26.0. The molecule has 14 heteroatoms. The van der Waals surface area contributed by atoms with Crippen molar-refractivity contribution in [3.8, 4) is 5.75 Å². The predicted molar refractivity (Wildman–Crippen MR) is 216 cm³/mol. The van der Waals surface area contributed by atoms with E-state index in [0.29, 0.717) is 45.3 Å². The Hall–Kier alpha value is -4.03. The summed E-state index contributed by atoms with van der Waals surface area (Å²) in [5.41, 5.74) is 12.3. The van der Waals surface area contributed by atoms with E-state index in [1.165, 1.54) is 12.8 Å². The Labute approximate surface area is 313 Å². The molecular formula is C38H47BrN9O3P. The maximum absolute atomic E-state index is 13.8. The number of rotatable bonds is 11. The number of methoxy groups -OCH3 is 1. The number of aliphatic imine (C=N–C) groups is 1. The third-order valence-electron chi connectivity index (χ3n) is 10.1. The summed E-state index contributed by atoms with van der Waals surface area (Å²) in [4.78, 5) is 23.6. The number of benzene rings is 2. The summed E-state index contributed by atoms with van der Waals surface area (Å²) in [5.74, 6) is 2.05. The van der Waals surface area contributed by atoms with Gasteiger partial charge in [-0.2, -0.15) is 4.98 Å². The fraction of sp³-hybridized carbons (Fsp3) is 0.421. The second kappa shape index (κ2) is 15.5. The van der Waals surface area contributed by atoms with Crippen LogP contribution in [0.3, 0.4) is 0 Å². The summed E-state index contributed by atoms with van der Waals surface area (Å²) in [6, 6.07) is 12.7. The van der Waals surface area contributed by atoms with Crippen LogP contribution < -0.4 is 31.3 Å². The Morgan fingerprint density at radius 2 is 1.81 bits per heavy atom. The van der Waals surface area contributed by atoms with Crippen LogP contribution in [0, 0.1) is 0 Å². The van der Waals surface area contributed by atoms with Gasteiger partial charge in [0.2, 0.25) is 5.95 Å². The normalized spacial score (nSPS) is 17.9. The van der Waals surface area contributed by atoms with E-state index < -0.39 is 7.14 Å². The number of nitrogens with zero attached hydrogens (tertiary/aromatic N) is 6. The monoisotopic (exact) mass is 787 g/mol. The first-order valence-corrected chi connectivity index (χ1v) is 21.2. The fourth-order valence-corrected chi connectivity index (χ4v) is 9.11. The van der Waals surface area contributed by atoms with Crippen LogP contribution in [0.25, 0.3) is 16.5 Å². The van der Waals surface area contributed by atoms with Gasteiger partial charge in [0.15, 0.2) is 0 Å². The molecule has 0 amide bonds. The minimum absolute atomic E-state index is 0.353. The minimum atomic E-state index is -2.74. The fourth-order valence-electron chi connectivity index (χ4n) is 7.34. The molecule has 0 radical (unpaired) electrons. The van der Waals surface area contributed by atoms with Crippen molar-refractivity contribution in [1.29, 1.82) is 0 Å². The van der Waals surface area contributed by atoms with E-state index >= 15 is 0 Å². The Morgan fingerprint density at radius 3 is 2.48 bits per heavy atom. The first kappa shape index (κ1) is 36.3. The van der Waals surface area contributed by atoms with Gasteiger partial charge in [0.05, 0.1) is 41.7 Å². The lowest BCUT2D eigenvalue weighted by molar-refractivity contribution is 0.0115. The molecule has 2 aromatic heterocycles. The van der Waals surface area contributed by atoms with Crippen molar-refractivity contribution in [3.63, 3.8) is 0 Å². The minimum Gasteiger partial charge on any atom is -0.494 e. The van der Waals surface area contributed by atoms with Crippen molar-refractivity contribution in [3.05, 3.63) is 64.5 Å². The number of anilines is 5. The van der Waals surface area contributed by atoms with Crippen LogP contribution in [0.15, 0.2) is 58.3 Å². The maximum atomic E-state index is 13.8. The second-order valence-corrected chi connectivity index (χ2v) is 18.0. The number of pyridine rings is 1. The van der Waals surface area contributed by atoms with Crippen LogP contribution in [0.1, 0.15) is 42.9 Å². The van der Waals surface area contributed by atoms with Gasteiger partial charge in [0, 0.05) is 103 Å². The van der Waals surface area contributed by atoms with E-state index in [1.807, 2.05) is 18.2 Å². The SMILES string of the molecule is CN=CC(=CN)c1cc(Nc2ncc(Br)c(Nc3ccc4nc(C5CC5)ccc4c3P(C)(C)=O)n2)c(OC)cc1N1CCC(N2CCOCC2)CC1. The molecule has 12 nitrogen and oxygen atoms in total. The van der Waals surface area contributed by atoms with Crippen LogP contribution in [0.4, 0.5) is 28.8 Å². The Morgan fingerprint density at radius 1 is 1.04 bits per heavy atom. The smallest absolute Gasteiger partial charge is 0.229 e. The molecule has 4 heterocycles. The number of nitrogens with one attached hydrogen (secondary N) is 2. The summed E-state index contributed by atoms with van der Waals surface area (Å²) in [6.07, 6.45) is 9.53. The van der Waals surface area contributed by atoms with Crippen LogP contribution >= 0.6 is 23.1 Å². The number of hydrogen-bond donors (Lipinski definition) is 3. The first-order chi connectivity index (χ1) is 25.2. The zero-order valence-corrected chi connectivity index (χ0v) is 32.7. The van der Waals surface area contributed by atoms with Crippen LogP contribution in [-0.4, -0.2) is 99.0 Å². The molecule has 7 rings (SSSR count). The molecule has 3 fully saturated rings. The van der Waals surface area contributed by atoms with Gasteiger partial charge in [-0.15, -0.1) is 0 Å². The highest BCUT2D eigenvalue weighted by atomic mass is 79.9. The topological polar surface area (TPSA) is 143 Å². The number of halogens is 1. The molecule has 0 atom stereocenters. The molecule has 3 aliphatic rings. The third kappa shape index (κ3) is 7.83. The van der Waals surface area contributed by atoms with Crippen molar-refractivity contribution in [1.82, 2.24) is 19.9 Å². The molecule has 52 heavy (non-hydrogen) atoms. The predicted octanol–water partition coefficient (Wildman–Crippen LogP) is 6.71. The van der Waals surface area contributed by atoms with Crippen molar-refractivity contribution < 1.29 is 14.0 Å². The molecule has 4 N–H and O–H groups in total. The summed E-state index contributed by atoms with van der Waals surface area (Å²) in [6.45, 7) is 8.99. The van der Waals surface area contributed by atoms with Gasteiger partial charge < -0.3 is 35.3 Å². The summed E-state index contributed by atoms with van der Waals surface area (Å²) in [5, 5.41) is 8.47. The number of allylic oxidation sites excluding steroid dienone is 1. The van der Waals surface area contributed by atoms with Gasteiger partial charge in [-0.3, -0.25) is 14.9 Å². The molecule has 1 aliphatic carbocycles. The quantitative estimate of drug-likeness (QED) is 0.110. The number of aromatic nitrogens is 3. The van der Waals surface area contributed by atoms with Crippen molar-refractivity contribution in [2.24, 2.45) is 10.7 Å². The van der Waals surface area contributed by atoms with Gasteiger partial charge in [-0.05, 0) is 79.2 Å². The zero-order valence-electron chi connectivity index (χ0n) is 30.2. The largest absolute Gasteiger partial charge is 0.494 e. The molecule has 0 unspecified atom stereocenters. The number of piperidine rings is 1. The molecule has 0 bridgehead atoms. The average Bonchev–Trinajstić information content (AvgIpc) is 4.01. The van der Waals surface area contributed by atoms with E-state index in [1.54, 1.807) is 46.1 Å². The number of hydrogen-bond acceptors (Lipinski definition) is 12. The second-order valence-electron chi connectivity index (χ2n) is 14.0. The first-order valence-electron chi connectivity index (χ1n) is 17.9.